The van der Waals surface area contributed by atoms with Gasteiger partial charge in [0.2, 0.25) is 5.91 Å². The second kappa shape index (κ2) is 8.17. The smallest absolute Gasteiger partial charge is 0.234 e. The zero-order valence-electron chi connectivity index (χ0n) is 13.3. The van der Waals surface area contributed by atoms with E-state index in [0.29, 0.717) is 11.5 Å². The maximum atomic E-state index is 12.1. The molecule has 3 aromatic rings. The number of amides is 1. The minimum Gasteiger partial charge on any atom is -0.462 e. The van der Waals surface area contributed by atoms with Gasteiger partial charge in [-0.25, -0.2) is 4.98 Å². The fourth-order valence-corrected chi connectivity index (χ4v) is 3.88. The van der Waals surface area contributed by atoms with Crippen molar-refractivity contribution < 1.29 is 9.21 Å². The summed E-state index contributed by atoms with van der Waals surface area (Å²) in [5, 5.41) is 5.86. The molecule has 24 heavy (non-hydrogen) atoms. The predicted molar refractivity (Wildman–Crippen MR) is 100 cm³/mol. The van der Waals surface area contributed by atoms with Crippen molar-refractivity contribution in [3.8, 4) is 10.8 Å². The molecule has 124 valence electrons. The summed E-state index contributed by atoms with van der Waals surface area (Å²) in [7, 11) is 0. The largest absolute Gasteiger partial charge is 0.462 e. The predicted octanol–water partition coefficient (Wildman–Crippen LogP) is 4.84. The molecule has 2 aromatic heterocycles. The van der Waals surface area contributed by atoms with Crippen LogP contribution < -0.4 is 5.32 Å². The van der Waals surface area contributed by atoms with Crippen molar-refractivity contribution in [2.24, 2.45) is 0 Å². The minimum absolute atomic E-state index is 0.0161. The number of aryl methyl sites for hydroxylation is 1. The number of carbonyl (C=O) groups is 1. The average molecular weight is 358 g/mol. The molecule has 0 fully saturated rings. The number of para-hydroxylation sites is 1. The fourth-order valence-electron chi connectivity index (χ4n) is 2.27. The van der Waals surface area contributed by atoms with Crippen LogP contribution in [0.25, 0.3) is 10.8 Å². The Balaban J connectivity index is 1.49. The highest BCUT2D eigenvalue weighted by Gasteiger charge is 2.09. The van der Waals surface area contributed by atoms with Gasteiger partial charge in [-0.15, -0.1) is 23.1 Å². The molecule has 6 heteroatoms. The van der Waals surface area contributed by atoms with E-state index in [1.807, 2.05) is 41.8 Å². The molecule has 0 aliphatic rings. The van der Waals surface area contributed by atoms with Gasteiger partial charge in [0.25, 0.3) is 0 Å². The lowest BCUT2D eigenvalue weighted by Crippen LogP contribution is -2.15. The van der Waals surface area contributed by atoms with E-state index in [2.05, 4.69) is 17.2 Å². The van der Waals surface area contributed by atoms with Gasteiger partial charge in [-0.2, -0.15) is 0 Å². The SMILES string of the molecule is CCc1ccccc1NC(=O)CSCc1csc(-c2ccco2)n1. The van der Waals surface area contributed by atoms with Crippen molar-refractivity contribution in [2.75, 3.05) is 11.1 Å². The zero-order chi connectivity index (χ0) is 16.8. The maximum Gasteiger partial charge on any atom is 0.234 e. The molecule has 0 radical (unpaired) electrons. The highest BCUT2D eigenvalue weighted by molar-refractivity contribution is 7.99. The first-order valence-electron chi connectivity index (χ1n) is 7.70. The highest BCUT2D eigenvalue weighted by Crippen LogP contribution is 2.25. The van der Waals surface area contributed by atoms with E-state index in [-0.39, 0.29) is 5.91 Å². The molecule has 4 nitrogen and oxygen atoms in total. The van der Waals surface area contributed by atoms with Gasteiger partial charge in [0, 0.05) is 16.8 Å². The molecule has 0 unspecified atom stereocenters. The van der Waals surface area contributed by atoms with Crippen LogP contribution in [-0.2, 0) is 17.0 Å². The lowest BCUT2D eigenvalue weighted by molar-refractivity contribution is -0.113. The monoisotopic (exact) mass is 358 g/mol. The molecule has 0 saturated heterocycles. The van der Waals surface area contributed by atoms with E-state index in [4.69, 9.17) is 4.42 Å². The molecule has 0 saturated carbocycles. The number of furan rings is 1. The first kappa shape index (κ1) is 16.8. The number of thiazole rings is 1. The quantitative estimate of drug-likeness (QED) is 0.657. The summed E-state index contributed by atoms with van der Waals surface area (Å²) in [6.07, 6.45) is 2.54. The van der Waals surface area contributed by atoms with Crippen LogP contribution >= 0.6 is 23.1 Å². The Morgan fingerprint density at radius 2 is 2.17 bits per heavy atom. The van der Waals surface area contributed by atoms with Crippen LogP contribution in [0.2, 0.25) is 0 Å². The van der Waals surface area contributed by atoms with E-state index in [0.717, 1.165) is 34.1 Å². The van der Waals surface area contributed by atoms with Gasteiger partial charge in [0.15, 0.2) is 10.8 Å². The van der Waals surface area contributed by atoms with Gasteiger partial charge in [0.05, 0.1) is 17.7 Å². The van der Waals surface area contributed by atoms with E-state index < -0.39 is 0 Å². The van der Waals surface area contributed by atoms with E-state index >= 15 is 0 Å². The number of aromatic nitrogens is 1. The van der Waals surface area contributed by atoms with Crippen LogP contribution in [0.5, 0.6) is 0 Å². The molecule has 3 rings (SSSR count). The number of carbonyl (C=O) groups excluding carboxylic acids is 1. The third-order valence-corrected chi connectivity index (χ3v) is 5.31. The molecule has 0 spiro atoms. The number of thioether (sulfide) groups is 1. The second-order valence-electron chi connectivity index (χ2n) is 5.17. The Morgan fingerprint density at radius 3 is 2.96 bits per heavy atom. The average Bonchev–Trinajstić information content (AvgIpc) is 3.26. The van der Waals surface area contributed by atoms with Crippen LogP contribution in [0, 0.1) is 0 Å². The van der Waals surface area contributed by atoms with E-state index in [1.54, 1.807) is 29.4 Å². The van der Waals surface area contributed by atoms with Crippen LogP contribution in [0.15, 0.2) is 52.5 Å². The number of nitrogens with one attached hydrogen (secondary N) is 1. The number of rotatable bonds is 7. The number of benzene rings is 1. The summed E-state index contributed by atoms with van der Waals surface area (Å²) >= 11 is 3.11. The number of hydrogen-bond acceptors (Lipinski definition) is 5. The van der Waals surface area contributed by atoms with Gasteiger partial charge < -0.3 is 9.73 Å². The lowest BCUT2D eigenvalue weighted by Gasteiger charge is -2.09. The van der Waals surface area contributed by atoms with Gasteiger partial charge in [-0.05, 0) is 30.2 Å². The Morgan fingerprint density at radius 1 is 1.29 bits per heavy atom. The standard InChI is InChI=1S/C18H18N2O2S2/c1-2-13-6-3-4-7-15(13)20-17(21)12-23-10-14-11-24-18(19-14)16-8-5-9-22-16/h3-9,11H,2,10,12H2,1H3,(H,20,21). The molecular formula is C18H18N2O2S2. The van der Waals surface area contributed by atoms with E-state index in [1.165, 1.54) is 0 Å². The molecule has 0 aliphatic carbocycles. The Labute approximate surface area is 149 Å². The van der Waals surface area contributed by atoms with Gasteiger partial charge in [0.1, 0.15) is 0 Å². The Bertz CT molecular complexity index is 797. The maximum absolute atomic E-state index is 12.1. The number of anilines is 1. The number of hydrogen-bond donors (Lipinski definition) is 1. The normalized spacial score (nSPS) is 10.7. The molecule has 2 heterocycles. The lowest BCUT2D eigenvalue weighted by atomic mass is 10.1. The first-order chi connectivity index (χ1) is 11.8. The number of nitrogens with zero attached hydrogens (tertiary/aromatic N) is 1. The molecule has 0 atom stereocenters. The fraction of sp³-hybridized carbons (Fsp3) is 0.222. The van der Waals surface area contributed by atoms with Gasteiger partial charge in [-0.3, -0.25) is 4.79 Å². The van der Waals surface area contributed by atoms with Crippen LogP contribution in [-0.4, -0.2) is 16.6 Å². The topological polar surface area (TPSA) is 55.1 Å². The summed E-state index contributed by atoms with van der Waals surface area (Å²) in [5.41, 5.74) is 3.02. The van der Waals surface area contributed by atoms with Crippen molar-refractivity contribution in [3.63, 3.8) is 0 Å². The molecular weight excluding hydrogens is 340 g/mol. The van der Waals surface area contributed by atoms with Crippen molar-refractivity contribution in [1.29, 1.82) is 0 Å². The molecule has 0 aliphatic heterocycles. The molecule has 1 N–H and O–H groups in total. The molecule has 0 bridgehead atoms. The highest BCUT2D eigenvalue weighted by atomic mass is 32.2. The Kier molecular flexibility index (Phi) is 5.72. The summed E-state index contributed by atoms with van der Waals surface area (Å²) in [6, 6.07) is 11.7. The Hall–Kier alpha value is -2.05. The zero-order valence-corrected chi connectivity index (χ0v) is 15.0. The summed E-state index contributed by atoms with van der Waals surface area (Å²) in [4.78, 5) is 16.6. The first-order valence-corrected chi connectivity index (χ1v) is 9.73. The van der Waals surface area contributed by atoms with Crippen LogP contribution in [0.3, 0.4) is 0 Å². The van der Waals surface area contributed by atoms with Crippen molar-refractivity contribution >= 4 is 34.7 Å². The summed E-state index contributed by atoms with van der Waals surface area (Å²) in [6.45, 7) is 2.08. The third-order valence-electron chi connectivity index (χ3n) is 3.44. The molecule has 1 amide bonds. The summed E-state index contributed by atoms with van der Waals surface area (Å²) < 4.78 is 5.34. The van der Waals surface area contributed by atoms with Gasteiger partial charge in [-0.1, -0.05) is 25.1 Å². The van der Waals surface area contributed by atoms with Crippen molar-refractivity contribution in [1.82, 2.24) is 4.98 Å². The third kappa shape index (κ3) is 4.27. The summed E-state index contributed by atoms with van der Waals surface area (Å²) in [5.74, 6) is 1.92. The van der Waals surface area contributed by atoms with Crippen molar-refractivity contribution in [2.45, 2.75) is 19.1 Å². The van der Waals surface area contributed by atoms with Crippen LogP contribution in [0.4, 0.5) is 5.69 Å². The van der Waals surface area contributed by atoms with Gasteiger partial charge >= 0.3 is 0 Å². The minimum atomic E-state index is 0.0161. The van der Waals surface area contributed by atoms with E-state index in [9.17, 15) is 4.79 Å². The second-order valence-corrected chi connectivity index (χ2v) is 7.02. The molecule has 1 aromatic carbocycles. The van der Waals surface area contributed by atoms with Crippen LogP contribution in [0.1, 0.15) is 18.2 Å². The van der Waals surface area contributed by atoms with Crippen molar-refractivity contribution in [3.05, 3.63) is 59.3 Å².